The Bertz CT molecular complexity index is 1450. The van der Waals surface area contributed by atoms with Gasteiger partial charge in [-0.1, -0.05) is 37.3 Å². The topological polar surface area (TPSA) is 117 Å². The zero-order valence-electron chi connectivity index (χ0n) is 20.7. The first-order valence-electron chi connectivity index (χ1n) is 11.7. The summed E-state index contributed by atoms with van der Waals surface area (Å²) in [6.45, 7) is 9.56. The van der Waals surface area contributed by atoms with Crippen LogP contribution in [0.3, 0.4) is 0 Å². The van der Waals surface area contributed by atoms with Crippen LogP contribution in [0.5, 0.6) is 0 Å². The SMILES string of the molecule is CC(C)CS(=O)(=O)n1cc(CN2C[C@H](C)N(c3c(C#N)c(=O)n(C)c4ccccc34)C[C@H]2C)nn1. The van der Waals surface area contributed by atoms with E-state index in [9.17, 15) is 18.5 Å². The molecule has 35 heavy (non-hydrogen) atoms. The lowest BCUT2D eigenvalue weighted by Crippen LogP contribution is -2.56. The molecule has 0 amide bonds. The Morgan fingerprint density at radius 3 is 2.57 bits per heavy atom. The summed E-state index contributed by atoms with van der Waals surface area (Å²) in [7, 11) is -1.84. The summed E-state index contributed by atoms with van der Waals surface area (Å²) < 4.78 is 27.4. The van der Waals surface area contributed by atoms with Gasteiger partial charge in [-0.05, 0) is 25.8 Å². The minimum absolute atomic E-state index is 0.00757. The summed E-state index contributed by atoms with van der Waals surface area (Å²) in [5, 5.41) is 18.7. The minimum Gasteiger partial charge on any atom is -0.364 e. The number of hydrogen-bond acceptors (Lipinski definition) is 8. The van der Waals surface area contributed by atoms with Gasteiger partial charge in [0.05, 0.1) is 28.8 Å². The lowest BCUT2D eigenvalue weighted by atomic mass is 10.0. The van der Waals surface area contributed by atoms with Crippen LogP contribution in [-0.4, -0.2) is 63.2 Å². The minimum atomic E-state index is -3.53. The van der Waals surface area contributed by atoms with Crippen molar-refractivity contribution in [2.24, 2.45) is 13.0 Å². The van der Waals surface area contributed by atoms with Crippen LogP contribution in [0, 0.1) is 17.2 Å². The van der Waals surface area contributed by atoms with Crippen LogP contribution in [0.4, 0.5) is 5.69 Å². The second-order valence-electron chi connectivity index (χ2n) is 9.75. The smallest absolute Gasteiger partial charge is 0.270 e. The van der Waals surface area contributed by atoms with E-state index in [1.807, 2.05) is 38.1 Å². The third-order valence-electron chi connectivity index (χ3n) is 6.50. The molecule has 186 valence electrons. The van der Waals surface area contributed by atoms with Crippen molar-refractivity contribution in [2.45, 2.75) is 46.3 Å². The molecule has 1 aliphatic heterocycles. The molecule has 3 aromatic rings. The second kappa shape index (κ2) is 9.43. The predicted molar refractivity (Wildman–Crippen MR) is 135 cm³/mol. The van der Waals surface area contributed by atoms with Crippen molar-refractivity contribution in [2.75, 3.05) is 23.7 Å². The third-order valence-corrected chi connectivity index (χ3v) is 8.34. The standard InChI is InChI=1S/C24H31N7O3S/c1-16(2)15-35(33,34)31-14-19(26-27-31)13-29-11-18(4)30(12-17(29)3)23-20-8-6-7-9-22(20)28(5)24(32)21(23)10-25/h6-9,14,16-18H,11-13,15H2,1-5H3/t17-,18+/m1/s1. The van der Waals surface area contributed by atoms with Crippen molar-refractivity contribution in [3.8, 4) is 6.07 Å². The van der Waals surface area contributed by atoms with Crippen LogP contribution in [0.25, 0.3) is 10.9 Å². The highest BCUT2D eigenvalue weighted by Gasteiger charge is 2.33. The normalized spacial score (nSPS) is 19.4. The van der Waals surface area contributed by atoms with E-state index in [4.69, 9.17) is 0 Å². The van der Waals surface area contributed by atoms with Crippen molar-refractivity contribution in [1.29, 1.82) is 5.26 Å². The highest BCUT2D eigenvalue weighted by Crippen LogP contribution is 2.32. The molecule has 0 spiro atoms. The first-order chi connectivity index (χ1) is 16.5. The number of rotatable bonds is 6. The van der Waals surface area contributed by atoms with Gasteiger partial charge in [-0.2, -0.15) is 5.26 Å². The molecule has 1 aromatic carbocycles. The lowest BCUT2D eigenvalue weighted by Gasteiger charge is -2.45. The molecule has 2 atom stereocenters. The van der Waals surface area contributed by atoms with Gasteiger partial charge in [0.2, 0.25) is 0 Å². The maximum absolute atomic E-state index is 13.0. The van der Waals surface area contributed by atoms with E-state index in [1.165, 1.54) is 10.8 Å². The molecular weight excluding hydrogens is 466 g/mol. The number of nitrogens with zero attached hydrogens (tertiary/aromatic N) is 7. The number of pyridine rings is 1. The van der Waals surface area contributed by atoms with Gasteiger partial charge >= 0.3 is 0 Å². The van der Waals surface area contributed by atoms with Gasteiger partial charge in [0.25, 0.3) is 15.6 Å². The number of aryl methyl sites for hydroxylation is 1. The fraction of sp³-hybridized carbons (Fsp3) is 0.500. The maximum Gasteiger partial charge on any atom is 0.270 e. The number of nitriles is 1. The lowest BCUT2D eigenvalue weighted by molar-refractivity contribution is 0.156. The average Bonchev–Trinajstić information content (AvgIpc) is 3.27. The van der Waals surface area contributed by atoms with Crippen molar-refractivity contribution < 1.29 is 8.42 Å². The van der Waals surface area contributed by atoms with Crippen LogP contribution in [-0.2, 0) is 23.6 Å². The van der Waals surface area contributed by atoms with Crippen LogP contribution < -0.4 is 10.5 Å². The van der Waals surface area contributed by atoms with Gasteiger partial charge < -0.3 is 9.47 Å². The Morgan fingerprint density at radius 1 is 1.17 bits per heavy atom. The molecule has 3 heterocycles. The van der Waals surface area contributed by atoms with Gasteiger partial charge in [0.1, 0.15) is 11.6 Å². The van der Waals surface area contributed by atoms with Crippen molar-refractivity contribution in [3.63, 3.8) is 0 Å². The van der Waals surface area contributed by atoms with Gasteiger partial charge in [0, 0.05) is 44.2 Å². The van der Waals surface area contributed by atoms with Crippen molar-refractivity contribution in [3.05, 3.63) is 52.1 Å². The fourth-order valence-electron chi connectivity index (χ4n) is 4.80. The number of aromatic nitrogens is 4. The molecular formula is C24H31N7O3S. The molecule has 0 unspecified atom stereocenters. The van der Waals surface area contributed by atoms with Gasteiger partial charge in [0.15, 0.2) is 0 Å². The average molecular weight is 498 g/mol. The molecule has 1 saturated heterocycles. The summed E-state index contributed by atoms with van der Waals surface area (Å²) >= 11 is 0. The summed E-state index contributed by atoms with van der Waals surface area (Å²) in [5.41, 5.74) is 1.89. The van der Waals surface area contributed by atoms with E-state index >= 15 is 0 Å². The van der Waals surface area contributed by atoms with Crippen molar-refractivity contribution >= 4 is 26.6 Å². The molecule has 4 rings (SSSR count). The Morgan fingerprint density at radius 2 is 1.89 bits per heavy atom. The third kappa shape index (κ3) is 4.68. The summed E-state index contributed by atoms with van der Waals surface area (Å²) in [6, 6.07) is 9.86. The second-order valence-corrected chi connectivity index (χ2v) is 11.6. The van der Waals surface area contributed by atoms with E-state index in [1.54, 1.807) is 7.05 Å². The Kier molecular flexibility index (Phi) is 6.71. The monoisotopic (exact) mass is 497 g/mol. The molecule has 0 bridgehead atoms. The van der Waals surface area contributed by atoms with Gasteiger partial charge in [-0.25, -0.2) is 8.42 Å². The fourth-order valence-corrected chi connectivity index (χ4v) is 6.23. The van der Waals surface area contributed by atoms with Crippen LogP contribution in [0.2, 0.25) is 0 Å². The van der Waals surface area contributed by atoms with Crippen LogP contribution >= 0.6 is 0 Å². The first-order valence-corrected chi connectivity index (χ1v) is 13.3. The highest BCUT2D eigenvalue weighted by atomic mass is 32.2. The predicted octanol–water partition coefficient (Wildman–Crippen LogP) is 1.93. The van der Waals surface area contributed by atoms with Gasteiger partial charge in [-0.3, -0.25) is 9.69 Å². The summed E-state index contributed by atoms with van der Waals surface area (Å²) in [4.78, 5) is 17.3. The highest BCUT2D eigenvalue weighted by molar-refractivity contribution is 7.89. The number of piperazine rings is 1. The molecule has 0 aliphatic carbocycles. The first kappa shape index (κ1) is 24.9. The summed E-state index contributed by atoms with van der Waals surface area (Å²) in [6.07, 6.45) is 1.49. The number of benzene rings is 1. The van der Waals surface area contributed by atoms with Crippen LogP contribution in [0.1, 0.15) is 39.0 Å². The zero-order valence-corrected chi connectivity index (χ0v) is 21.5. The van der Waals surface area contributed by atoms with E-state index in [-0.39, 0.29) is 34.9 Å². The largest absolute Gasteiger partial charge is 0.364 e. The van der Waals surface area contributed by atoms with Gasteiger partial charge in [-0.15, -0.1) is 9.19 Å². The molecule has 1 fully saturated rings. The number of fused-ring (bicyclic) bond motifs is 1. The Hall–Kier alpha value is -3.23. The number of para-hydroxylation sites is 1. The summed E-state index contributed by atoms with van der Waals surface area (Å²) in [5.74, 6) is -0.000954. The van der Waals surface area contributed by atoms with E-state index in [0.29, 0.717) is 31.0 Å². The van der Waals surface area contributed by atoms with E-state index in [2.05, 4.69) is 40.0 Å². The molecule has 0 saturated carbocycles. The Balaban J connectivity index is 1.61. The van der Waals surface area contributed by atoms with E-state index < -0.39 is 10.0 Å². The molecule has 0 N–H and O–H groups in total. The van der Waals surface area contributed by atoms with Crippen molar-refractivity contribution in [1.82, 2.24) is 23.9 Å². The molecule has 0 radical (unpaired) electrons. The quantitative estimate of drug-likeness (QED) is 0.507. The maximum atomic E-state index is 13.0. The number of anilines is 1. The molecule has 1 aliphatic rings. The Labute approximate surface area is 205 Å². The van der Waals surface area contributed by atoms with E-state index in [0.717, 1.165) is 15.0 Å². The molecule has 11 heteroatoms. The van der Waals surface area contributed by atoms with Crippen LogP contribution in [0.15, 0.2) is 35.3 Å². The zero-order chi connectivity index (χ0) is 25.5. The number of hydrogen-bond donors (Lipinski definition) is 0. The molecule has 10 nitrogen and oxygen atoms in total. The molecule has 2 aromatic heterocycles.